The van der Waals surface area contributed by atoms with Crippen molar-refractivity contribution in [2.45, 2.75) is 29.1 Å². The third-order valence-electron chi connectivity index (χ3n) is 5.79. The number of nitrogens with zero attached hydrogens (tertiary/aromatic N) is 2. The molecule has 4 rings (SSSR count). The minimum atomic E-state index is -3.63. The van der Waals surface area contributed by atoms with E-state index in [1.54, 1.807) is 12.1 Å². The van der Waals surface area contributed by atoms with Crippen LogP contribution < -0.4 is 5.32 Å². The Hall–Kier alpha value is -2.31. The molecular formula is C22H27N3O6S2. The molecule has 2 saturated heterocycles. The summed E-state index contributed by atoms with van der Waals surface area (Å²) in [6.07, 6.45) is 2.76. The van der Waals surface area contributed by atoms with Crippen molar-refractivity contribution in [1.82, 2.24) is 8.61 Å². The molecule has 11 heteroatoms. The smallest absolute Gasteiger partial charge is 0.255 e. The van der Waals surface area contributed by atoms with Gasteiger partial charge in [0.15, 0.2) is 0 Å². The van der Waals surface area contributed by atoms with Crippen LogP contribution in [0.15, 0.2) is 58.3 Å². The quantitative estimate of drug-likeness (QED) is 0.660. The number of carbonyl (C=O) groups excluding carboxylic acids is 1. The normalized spacial score (nSPS) is 18.7. The molecule has 9 nitrogen and oxygen atoms in total. The molecule has 2 aromatic rings. The maximum atomic E-state index is 12.7. The van der Waals surface area contributed by atoms with Crippen molar-refractivity contribution in [3.63, 3.8) is 0 Å². The predicted molar refractivity (Wildman–Crippen MR) is 123 cm³/mol. The molecule has 2 aliphatic heterocycles. The summed E-state index contributed by atoms with van der Waals surface area (Å²) in [6.45, 7) is 2.37. The fraction of sp³-hybridized carbons (Fsp3) is 0.409. The highest BCUT2D eigenvalue weighted by atomic mass is 32.2. The number of amides is 1. The van der Waals surface area contributed by atoms with E-state index in [0.29, 0.717) is 50.6 Å². The number of ether oxygens (including phenoxy) is 1. The largest absolute Gasteiger partial charge is 0.379 e. The Labute approximate surface area is 194 Å². The Kier molecular flexibility index (Phi) is 7.15. The molecule has 0 saturated carbocycles. The molecule has 2 heterocycles. The van der Waals surface area contributed by atoms with Gasteiger partial charge >= 0.3 is 0 Å². The summed E-state index contributed by atoms with van der Waals surface area (Å²) in [5, 5.41) is 2.71. The number of anilines is 1. The predicted octanol–water partition coefficient (Wildman–Crippen LogP) is 2.13. The van der Waals surface area contributed by atoms with Gasteiger partial charge in [-0.2, -0.15) is 8.61 Å². The van der Waals surface area contributed by atoms with E-state index in [9.17, 15) is 21.6 Å². The van der Waals surface area contributed by atoms with Crippen LogP contribution in [0.5, 0.6) is 0 Å². The number of hydrogen-bond acceptors (Lipinski definition) is 6. The van der Waals surface area contributed by atoms with Gasteiger partial charge in [0.25, 0.3) is 5.91 Å². The van der Waals surface area contributed by atoms with E-state index in [2.05, 4.69) is 5.32 Å². The van der Waals surface area contributed by atoms with Gasteiger partial charge in [0.05, 0.1) is 23.0 Å². The lowest BCUT2D eigenvalue weighted by Gasteiger charge is -2.26. The number of nitrogens with one attached hydrogen (secondary N) is 1. The van der Waals surface area contributed by atoms with Crippen molar-refractivity contribution in [2.24, 2.45) is 0 Å². The second-order valence-electron chi connectivity index (χ2n) is 7.98. The first-order valence-electron chi connectivity index (χ1n) is 10.9. The maximum absolute atomic E-state index is 12.7. The fourth-order valence-electron chi connectivity index (χ4n) is 3.88. The van der Waals surface area contributed by atoms with Gasteiger partial charge < -0.3 is 10.1 Å². The summed E-state index contributed by atoms with van der Waals surface area (Å²) in [4.78, 5) is 12.9. The highest BCUT2D eigenvalue weighted by Crippen LogP contribution is 2.23. The first-order valence-corrected chi connectivity index (χ1v) is 13.8. The average Bonchev–Trinajstić information content (AvgIpc) is 2.85. The molecule has 0 atom stereocenters. The van der Waals surface area contributed by atoms with E-state index >= 15 is 0 Å². The van der Waals surface area contributed by atoms with Crippen molar-refractivity contribution in [1.29, 1.82) is 0 Å². The molecule has 1 N–H and O–H groups in total. The molecule has 0 aromatic heterocycles. The molecule has 33 heavy (non-hydrogen) atoms. The zero-order chi connectivity index (χ0) is 23.5. The zero-order valence-corrected chi connectivity index (χ0v) is 19.8. The molecule has 2 fully saturated rings. The summed E-state index contributed by atoms with van der Waals surface area (Å²) >= 11 is 0. The number of rotatable bonds is 6. The van der Waals surface area contributed by atoms with E-state index in [4.69, 9.17) is 4.74 Å². The molecule has 2 aliphatic rings. The average molecular weight is 494 g/mol. The molecule has 0 spiro atoms. The number of carbonyl (C=O) groups is 1. The summed E-state index contributed by atoms with van der Waals surface area (Å²) in [5.41, 5.74) is 0.739. The van der Waals surface area contributed by atoms with Crippen molar-refractivity contribution in [3.8, 4) is 0 Å². The Morgan fingerprint density at radius 3 is 1.73 bits per heavy atom. The van der Waals surface area contributed by atoms with E-state index in [0.717, 1.165) is 19.3 Å². The molecule has 178 valence electrons. The maximum Gasteiger partial charge on any atom is 0.255 e. The number of sulfonamides is 2. The lowest BCUT2D eigenvalue weighted by Crippen LogP contribution is -2.40. The van der Waals surface area contributed by atoms with Crippen molar-refractivity contribution in [3.05, 3.63) is 54.1 Å². The summed E-state index contributed by atoms with van der Waals surface area (Å²) < 4.78 is 59.0. The topological polar surface area (TPSA) is 113 Å². The fourth-order valence-corrected chi connectivity index (χ4v) is 6.81. The van der Waals surface area contributed by atoms with E-state index in [1.165, 1.54) is 45.0 Å². The third-order valence-corrected chi connectivity index (χ3v) is 9.62. The van der Waals surface area contributed by atoms with Crippen molar-refractivity contribution < 1.29 is 26.4 Å². The second kappa shape index (κ2) is 9.90. The van der Waals surface area contributed by atoms with Crippen LogP contribution in [0.4, 0.5) is 5.69 Å². The standard InChI is InChI=1S/C22H27N3O6S2/c26-22(18-4-8-20(9-5-18)33(29,30)25-14-16-31-17-15-25)23-19-6-10-21(11-7-19)32(27,28)24-12-2-1-3-13-24/h4-11H,1-3,12-17H2,(H,23,26). The van der Waals surface area contributed by atoms with Gasteiger partial charge in [0, 0.05) is 37.4 Å². The monoisotopic (exact) mass is 493 g/mol. The number of morpholine rings is 1. The summed E-state index contributed by atoms with van der Waals surface area (Å²) in [6, 6.07) is 11.8. The first kappa shape index (κ1) is 23.8. The summed E-state index contributed by atoms with van der Waals surface area (Å²) in [7, 11) is -7.17. The van der Waals surface area contributed by atoms with E-state index < -0.39 is 26.0 Å². The zero-order valence-electron chi connectivity index (χ0n) is 18.1. The van der Waals surface area contributed by atoms with Gasteiger partial charge in [-0.15, -0.1) is 0 Å². The van der Waals surface area contributed by atoms with Crippen LogP contribution in [0, 0.1) is 0 Å². The lowest BCUT2D eigenvalue weighted by molar-refractivity contribution is 0.0730. The Balaban J connectivity index is 1.42. The van der Waals surface area contributed by atoms with Gasteiger partial charge in [-0.05, 0) is 61.4 Å². The molecule has 0 aliphatic carbocycles. The van der Waals surface area contributed by atoms with Crippen LogP contribution >= 0.6 is 0 Å². The molecule has 0 bridgehead atoms. The van der Waals surface area contributed by atoms with Crippen LogP contribution in [0.3, 0.4) is 0 Å². The number of hydrogen-bond donors (Lipinski definition) is 1. The summed E-state index contributed by atoms with van der Waals surface area (Å²) in [5.74, 6) is -0.419. The first-order chi connectivity index (χ1) is 15.8. The van der Waals surface area contributed by atoms with Gasteiger partial charge in [-0.25, -0.2) is 16.8 Å². The van der Waals surface area contributed by atoms with Crippen LogP contribution in [0.25, 0.3) is 0 Å². The SMILES string of the molecule is O=C(Nc1ccc(S(=O)(=O)N2CCCCC2)cc1)c1ccc(S(=O)(=O)N2CCOCC2)cc1. The minimum absolute atomic E-state index is 0.119. The van der Waals surface area contributed by atoms with E-state index in [1.807, 2.05) is 0 Å². The minimum Gasteiger partial charge on any atom is -0.379 e. The highest BCUT2D eigenvalue weighted by molar-refractivity contribution is 7.89. The lowest BCUT2D eigenvalue weighted by atomic mass is 10.2. The number of benzene rings is 2. The van der Waals surface area contributed by atoms with Crippen LogP contribution in [-0.4, -0.2) is 70.7 Å². The van der Waals surface area contributed by atoms with Crippen LogP contribution in [0.1, 0.15) is 29.6 Å². The van der Waals surface area contributed by atoms with E-state index in [-0.39, 0.29) is 9.79 Å². The molecular weight excluding hydrogens is 466 g/mol. The Morgan fingerprint density at radius 1 is 0.697 bits per heavy atom. The van der Waals surface area contributed by atoms with Crippen molar-refractivity contribution in [2.75, 3.05) is 44.7 Å². The second-order valence-corrected chi connectivity index (χ2v) is 11.9. The highest BCUT2D eigenvalue weighted by Gasteiger charge is 2.27. The van der Waals surface area contributed by atoms with Crippen LogP contribution in [-0.2, 0) is 24.8 Å². The van der Waals surface area contributed by atoms with Gasteiger partial charge in [-0.3, -0.25) is 4.79 Å². The molecule has 2 aromatic carbocycles. The molecule has 1 amide bonds. The van der Waals surface area contributed by atoms with Gasteiger partial charge in [0.2, 0.25) is 20.0 Å². The molecule has 0 radical (unpaired) electrons. The Morgan fingerprint density at radius 2 is 1.18 bits per heavy atom. The van der Waals surface area contributed by atoms with Crippen LogP contribution in [0.2, 0.25) is 0 Å². The van der Waals surface area contributed by atoms with Gasteiger partial charge in [0.1, 0.15) is 0 Å². The van der Waals surface area contributed by atoms with Gasteiger partial charge in [-0.1, -0.05) is 6.42 Å². The number of piperidine rings is 1. The molecule has 0 unspecified atom stereocenters. The van der Waals surface area contributed by atoms with Crippen molar-refractivity contribution >= 4 is 31.6 Å². The third kappa shape index (κ3) is 5.28. The Bertz CT molecular complexity index is 1180.